The molecule has 0 aliphatic heterocycles. The molecule has 0 radical (unpaired) electrons. The Morgan fingerprint density at radius 3 is 1.00 bits per heavy atom. The molecular weight excluding hydrogens is 512 g/mol. The highest BCUT2D eigenvalue weighted by atomic mass is 79.9. The van der Waals surface area contributed by atoms with E-state index in [1.54, 1.807) is 0 Å². The zero-order valence-corrected chi connectivity index (χ0v) is 21.6. The topological polar surface area (TPSA) is 0 Å². The highest BCUT2D eigenvalue weighted by molar-refractivity contribution is 9.10. The fraction of sp³-hybridized carbons (Fsp3) is 0. The molecule has 0 atom stereocenters. The average molecular weight is 533 g/mol. The summed E-state index contributed by atoms with van der Waals surface area (Å²) in [5, 5.41) is 15.6. The van der Waals surface area contributed by atoms with E-state index in [9.17, 15) is 0 Å². The Morgan fingerprint density at radius 1 is 0.270 bits per heavy atom. The minimum Gasteiger partial charge on any atom is -0.0616 e. The molecule has 8 rings (SSSR count). The number of halogens is 1. The Bertz CT molecular complexity index is 2170. The van der Waals surface area contributed by atoms with Crippen molar-refractivity contribution >= 4 is 80.6 Å². The first kappa shape index (κ1) is 20.9. The Morgan fingerprint density at radius 2 is 0.568 bits per heavy atom. The van der Waals surface area contributed by atoms with Crippen molar-refractivity contribution in [1.29, 1.82) is 0 Å². The van der Waals surface area contributed by atoms with Gasteiger partial charge in [0.2, 0.25) is 0 Å². The molecule has 0 fully saturated rings. The highest BCUT2D eigenvalue weighted by Gasteiger charge is 2.12. The molecule has 0 spiro atoms. The number of hydrogen-bond donors (Lipinski definition) is 0. The normalized spacial score (nSPS) is 11.9. The van der Waals surface area contributed by atoms with Gasteiger partial charge >= 0.3 is 0 Å². The van der Waals surface area contributed by atoms with Gasteiger partial charge in [-0.2, -0.15) is 0 Å². The van der Waals surface area contributed by atoms with Crippen molar-refractivity contribution in [3.05, 3.63) is 132 Å². The van der Waals surface area contributed by atoms with Gasteiger partial charge in [0.25, 0.3) is 0 Å². The Balaban J connectivity index is 1.45. The van der Waals surface area contributed by atoms with Gasteiger partial charge in [-0.25, -0.2) is 0 Å². The zero-order valence-electron chi connectivity index (χ0n) is 20.0. The molecule has 172 valence electrons. The molecule has 0 heterocycles. The van der Waals surface area contributed by atoms with E-state index in [0.717, 1.165) is 4.47 Å². The van der Waals surface area contributed by atoms with Gasteiger partial charge in [0.15, 0.2) is 0 Å². The molecule has 8 aromatic rings. The van der Waals surface area contributed by atoms with Crippen molar-refractivity contribution < 1.29 is 0 Å². The van der Waals surface area contributed by atoms with Crippen LogP contribution >= 0.6 is 15.9 Å². The van der Waals surface area contributed by atoms with Crippen LogP contribution in [0, 0.1) is 0 Å². The van der Waals surface area contributed by atoms with Crippen LogP contribution in [0.5, 0.6) is 0 Å². The zero-order chi connectivity index (χ0) is 24.5. The van der Waals surface area contributed by atoms with Crippen LogP contribution in [0.25, 0.3) is 75.8 Å². The van der Waals surface area contributed by atoms with Crippen LogP contribution in [-0.4, -0.2) is 0 Å². The van der Waals surface area contributed by atoms with E-state index in [1.165, 1.54) is 75.8 Å². The van der Waals surface area contributed by atoms with Gasteiger partial charge < -0.3 is 0 Å². The molecule has 0 bridgehead atoms. The summed E-state index contributed by atoms with van der Waals surface area (Å²) >= 11 is 3.69. The third-order valence-corrected chi connectivity index (χ3v) is 8.37. The van der Waals surface area contributed by atoms with Gasteiger partial charge in [0.1, 0.15) is 0 Å². The number of rotatable bonds is 1. The van der Waals surface area contributed by atoms with Gasteiger partial charge in [-0.1, -0.05) is 119 Å². The molecule has 1 heteroatoms. The fourth-order valence-electron chi connectivity index (χ4n) is 6.20. The van der Waals surface area contributed by atoms with Crippen molar-refractivity contribution in [3.8, 4) is 11.1 Å². The van der Waals surface area contributed by atoms with E-state index >= 15 is 0 Å². The first-order chi connectivity index (χ1) is 18.3. The standard InChI is InChI=1S/C36H21Br/c37-24-15-18-33-35-20-23(14-17-32(35)28-10-4-6-12-30(28)36(33)21-24)22-13-16-31-27-9-2-1-7-25(27)26-8-3-5-11-29(26)34(31)19-22/h1-21H. The summed E-state index contributed by atoms with van der Waals surface area (Å²) in [5.41, 5.74) is 2.49. The van der Waals surface area contributed by atoms with Gasteiger partial charge in [0.05, 0.1) is 0 Å². The van der Waals surface area contributed by atoms with Crippen molar-refractivity contribution in [1.82, 2.24) is 0 Å². The minimum absolute atomic E-state index is 1.11. The van der Waals surface area contributed by atoms with E-state index in [4.69, 9.17) is 0 Å². The van der Waals surface area contributed by atoms with E-state index in [2.05, 4.69) is 143 Å². The van der Waals surface area contributed by atoms with Crippen LogP contribution in [-0.2, 0) is 0 Å². The molecule has 37 heavy (non-hydrogen) atoms. The lowest BCUT2D eigenvalue weighted by Crippen LogP contribution is -1.87. The molecule has 0 aromatic heterocycles. The lowest BCUT2D eigenvalue weighted by molar-refractivity contribution is 1.69. The summed E-state index contributed by atoms with van der Waals surface area (Å²) in [6.07, 6.45) is 0. The molecular formula is C36H21Br. The molecule has 0 N–H and O–H groups in total. The van der Waals surface area contributed by atoms with E-state index in [0.29, 0.717) is 0 Å². The van der Waals surface area contributed by atoms with Crippen molar-refractivity contribution in [2.75, 3.05) is 0 Å². The minimum atomic E-state index is 1.11. The predicted octanol–water partition coefficient (Wildman–Crippen LogP) is 11.0. The summed E-state index contributed by atoms with van der Waals surface area (Å²) in [6, 6.07) is 46.9. The first-order valence-electron chi connectivity index (χ1n) is 12.6. The quantitative estimate of drug-likeness (QED) is 0.184. The summed E-state index contributed by atoms with van der Waals surface area (Å²) in [5.74, 6) is 0. The fourth-order valence-corrected chi connectivity index (χ4v) is 6.56. The SMILES string of the molecule is Brc1ccc2c(c1)c1ccccc1c1ccc(-c3ccc4c5ccccc5c5ccccc5c4c3)cc12. The number of fused-ring (bicyclic) bond motifs is 12. The largest absolute Gasteiger partial charge is 0.0616 e. The Kier molecular flexibility index (Phi) is 4.47. The van der Waals surface area contributed by atoms with Crippen molar-refractivity contribution in [3.63, 3.8) is 0 Å². The third kappa shape index (κ3) is 3.08. The average Bonchev–Trinajstić information content (AvgIpc) is 2.97. The molecule has 0 amide bonds. The molecule has 0 nitrogen and oxygen atoms in total. The second-order valence-corrected chi connectivity index (χ2v) is 10.8. The van der Waals surface area contributed by atoms with Crippen molar-refractivity contribution in [2.24, 2.45) is 0 Å². The van der Waals surface area contributed by atoms with Crippen LogP contribution < -0.4 is 0 Å². The van der Waals surface area contributed by atoms with Gasteiger partial charge in [-0.15, -0.1) is 0 Å². The van der Waals surface area contributed by atoms with Crippen molar-refractivity contribution in [2.45, 2.75) is 0 Å². The maximum atomic E-state index is 3.69. The second kappa shape index (κ2) is 7.90. The number of benzene rings is 8. The Hall–Kier alpha value is -4.20. The smallest absolute Gasteiger partial charge is 0.0181 e. The van der Waals surface area contributed by atoms with Gasteiger partial charge in [-0.3, -0.25) is 0 Å². The molecule has 0 saturated carbocycles. The molecule has 0 saturated heterocycles. The number of hydrogen-bond acceptors (Lipinski definition) is 0. The summed E-state index contributed by atoms with van der Waals surface area (Å²) in [7, 11) is 0. The first-order valence-corrected chi connectivity index (χ1v) is 13.4. The molecule has 8 aromatic carbocycles. The summed E-state index contributed by atoms with van der Waals surface area (Å²) in [6.45, 7) is 0. The monoisotopic (exact) mass is 532 g/mol. The van der Waals surface area contributed by atoms with E-state index < -0.39 is 0 Å². The highest BCUT2D eigenvalue weighted by Crippen LogP contribution is 2.40. The Labute approximate surface area is 222 Å². The third-order valence-electron chi connectivity index (χ3n) is 7.88. The maximum Gasteiger partial charge on any atom is 0.0181 e. The van der Waals surface area contributed by atoms with Gasteiger partial charge in [-0.05, 0) is 100 Å². The van der Waals surface area contributed by atoms with E-state index in [-0.39, 0.29) is 0 Å². The van der Waals surface area contributed by atoms with Crippen LogP contribution in [0.4, 0.5) is 0 Å². The van der Waals surface area contributed by atoms with Gasteiger partial charge in [0, 0.05) is 4.47 Å². The second-order valence-electron chi connectivity index (χ2n) is 9.85. The van der Waals surface area contributed by atoms with Crippen LogP contribution in [0.1, 0.15) is 0 Å². The molecule has 0 unspecified atom stereocenters. The molecule has 0 aliphatic carbocycles. The maximum absolute atomic E-state index is 3.69. The lowest BCUT2D eigenvalue weighted by Gasteiger charge is -2.14. The predicted molar refractivity (Wildman–Crippen MR) is 165 cm³/mol. The van der Waals surface area contributed by atoms with E-state index in [1.807, 2.05) is 0 Å². The van der Waals surface area contributed by atoms with Crippen LogP contribution in [0.3, 0.4) is 0 Å². The summed E-state index contributed by atoms with van der Waals surface area (Å²) in [4.78, 5) is 0. The summed E-state index contributed by atoms with van der Waals surface area (Å²) < 4.78 is 1.11. The van der Waals surface area contributed by atoms with Crippen LogP contribution in [0.2, 0.25) is 0 Å². The van der Waals surface area contributed by atoms with Crippen LogP contribution in [0.15, 0.2) is 132 Å². The lowest BCUT2D eigenvalue weighted by atomic mass is 9.90. The molecule has 0 aliphatic rings.